The molecule has 0 bridgehead atoms. The number of carbonyl (C=O) groups is 1. The Bertz CT molecular complexity index is 1340. The van der Waals surface area contributed by atoms with Crippen LogP contribution in [-0.2, 0) is 16.1 Å². The summed E-state index contributed by atoms with van der Waals surface area (Å²) in [5.41, 5.74) is 2.85. The van der Waals surface area contributed by atoms with Crippen LogP contribution in [0.25, 0.3) is 11.7 Å². The lowest BCUT2D eigenvalue weighted by Gasteiger charge is -2.18. The van der Waals surface area contributed by atoms with Gasteiger partial charge in [-0.25, -0.2) is 4.98 Å². The molecule has 3 aromatic rings. The lowest BCUT2D eigenvalue weighted by Crippen LogP contribution is -2.35. The number of thioether (sulfide) groups is 1. The van der Waals surface area contributed by atoms with Gasteiger partial charge in [0, 0.05) is 19.3 Å². The first-order valence-corrected chi connectivity index (χ1v) is 12.4. The molecule has 0 saturated carbocycles. The molecule has 1 atom stereocenters. The first kappa shape index (κ1) is 22.8. The number of thiocarbonyl (C=S) groups is 1. The molecular weight excluding hydrogens is 468 g/mol. The minimum atomic E-state index is -0.249. The maximum absolute atomic E-state index is 13.4. The largest absolute Gasteiger partial charge is 0.376 e. The second kappa shape index (κ2) is 9.69. The zero-order chi connectivity index (χ0) is 23.7. The van der Waals surface area contributed by atoms with Crippen LogP contribution in [0.2, 0.25) is 0 Å². The van der Waals surface area contributed by atoms with E-state index in [1.807, 2.05) is 37.3 Å². The molecule has 34 heavy (non-hydrogen) atoms. The van der Waals surface area contributed by atoms with Crippen LogP contribution in [-0.4, -0.2) is 43.8 Å². The second-order valence-corrected chi connectivity index (χ2v) is 10.1. The van der Waals surface area contributed by atoms with Gasteiger partial charge in [0.25, 0.3) is 11.5 Å². The van der Waals surface area contributed by atoms with Crippen molar-refractivity contribution in [3.05, 3.63) is 80.6 Å². The van der Waals surface area contributed by atoms with E-state index in [1.54, 1.807) is 29.3 Å². The standard InChI is InChI=1S/C25H24N4O3S2/c1-16-7-9-17(10-8-16)14-26-22-19(23(30)28-11-3-2-6-21(28)27-22)13-20-24(31)29(25(33)34-20)15-18-5-4-12-32-18/h2-3,6-11,13,18,26H,4-5,12,14-15H2,1H3/b20-13+/t18-/m1/s1. The predicted octanol–water partition coefficient (Wildman–Crippen LogP) is 4.00. The Morgan fingerprint density at radius 3 is 2.82 bits per heavy atom. The van der Waals surface area contributed by atoms with Gasteiger partial charge in [-0.15, -0.1) is 0 Å². The van der Waals surface area contributed by atoms with Crippen LogP contribution in [0.1, 0.15) is 29.5 Å². The van der Waals surface area contributed by atoms with Crippen molar-refractivity contribution in [2.24, 2.45) is 0 Å². The number of fused-ring (bicyclic) bond motifs is 1. The van der Waals surface area contributed by atoms with Crippen LogP contribution in [0.15, 0.2) is 58.4 Å². The number of nitrogens with one attached hydrogen (secondary N) is 1. The first-order valence-electron chi connectivity index (χ1n) is 11.2. The monoisotopic (exact) mass is 492 g/mol. The number of aromatic nitrogens is 2. The molecule has 2 aliphatic heterocycles. The highest BCUT2D eigenvalue weighted by Gasteiger charge is 2.35. The van der Waals surface area contributed by atoms with Gasteiger partial charge >= 0.3 is 0 Å². The van der Waals surface area contributed by atoms with Crippen LogP contribution in [0.3, 0.4) is 0 Å². The Morgan fingerprint density at radius 1 is 1.24 bits per heavy atom. The van der Waals surface area contributed by atoms with Crippen LogP contribution < -0.4 is 10.9 Å². The molecule has 2 saturated heterocycles. The molecule has 9 heteroatoms. The van der Waals surface area contributed by atoms with E-state index in [9.17, 15) is 9.59 Å². The van der Waals surface area contributed by atoms with Crippen molar-refractivity contribution in [3.8, 4) is 0 Å². The Balaban J connectivity index is 1.49. The first-order chi connectivity index (χ1) is 16.5. The van der Waals surface area contributed by atoms with Crippen LogP contribution in [0.4, 0.5) is 5.82 Å². The van der Waals surface area contributed by atoms with Crippen molar-refractivity contribution in [2.75, 3.05) is 18.5 Å². The average molecular weight is 493 g/mol. The fraction of sp³-hybridized carbons (Fsp3) is 0.280. The molecule has 0 radical (unpaired) electrons. The highest BCUT2D eigenvalue weighted by Crippen LogP contribution is 2.34. The predicted molar refractivity (Wildman–Crippen MR) is 139 cm³/mol. The number of amides is 1. The number of rotatable bonds is 6. The number of anilines is 1. The summed E-state index contributed by atoms with van der Waals surface area (Å²) in [5.74, 6) is 0.230. The summed E-state index contributed by atoms with van der Waals surface area (Å²) in [6.07, 6.45) is 5.20. The number of nitrogens with zero attached hydrogens (tertiary/aromatic N) is 3. The maximum Gasteiger partial charge on any atom is 0.267 e. The summed E-state index contributed by atoms with van der Waals surface area (Å²) in [7, 11) is 0. The van der Waals surface area contributed by atoms with E-state index in [4.69, 9.17) is 17.0 Å². The minimum Gasteiger partial charge on any atom is -0.376 e. The van der Waals surface area contributed by atoms with Gasteiger partial charge in [0.05, 0.1) is 23.1 Å². The third kappa shape index (κ3) is 4.64. The molecule has 4 heterocycles. The topological polar surface area (TPSA) is 75.9 Å². The van der Waals surface area contributed by atoms with Gasteiger partial charge in [-0.05, 0) is 43.5 Å². The lowest BCUT2D eigenvalue weighted by molar-refractivity contribution is -0.123. The highest BCUT2D eigenvalue weighted by atomic mass is 32.2. The van der Waals surface area contributed by atoms with Gasteiger partial charge in [-0.3, -0.25) is 18.9 Å². The molecule has 2 aliphatic rings. The van der Waals surface area contributed by atoms with E-state index in [-0.39, 0.29) is 17.6 Å². The molecule has 1 N–H and O–H groups in total. The van der Waals surface area contributed by atoms with Gasteiger partial charge in [0.15, 0.2) is 0 Å². The Hall–Kier alpha value is -3.01. The molecule has 2 aromatic heterocycles. The Labute approximate surface area is 206 Å². The maximum atomic E-state index is 13.4. The third-order valence-corrected chi connectivity index (χ3v) is 7.29. The summed E-state index contributed by atoms with van der Waals surface area (Å²) in [6, 6.07) is 13.5. The molecular formula is C25H24N4O3S2. The molecule has 1 aromatic carbocycles. The normalized spacial score (nSPS) is 19.5. The number of hydrogen-bond acceptors (Lipinski definition) is 7. The van der Waals surface area contributed by atoms with Crippen LogP contribution >= 0.6 is 24.0 Å². The molecule has 0 unspecified atom stereocenters. The third-order valence-electron chi connectivity index (χ3n) is 5.91. The number of benzene rings is 1. The highest BCUT2D eigenvalue weighted by molar-refractivity contribution is 8.26. The lowest BCUT2D eigenvalue weighted by atomic mass is 10.1. The minimum absolute atomic E-state index is 0.00143. The van der Waals surface area contributed by atoms with Gasteiger partial charge in [0.2, 0.25) is 0 Å². The summed E-state index contributed by atoms with van der Waals surface area (Å²) in [6.45, 7) is 3.69. The molecule has 1 amide bonds. The van der Waals surface area contributed by atoms with E-state index in [1.165, 1.54) is 21.7 Å². The zero-order valence-electron chi connectivity index (χ0n) is 18.7. The number of pyridine rings is 1. The summed E-state index contributed by atoms with van der Waals surface area (Å²) >= 11 is 6.68. The fourth-order valence-corrected chi connectivity index (χ4v) is 5.30. The average Bonchev–Trinajstić information content (AvgIpc) is 3.45. The quantitative estimate of drug-likeness (QED) is 0.412. The van der Waals surface area contributed by atoms with Crippen molar-refractivity contribution in [1.82, 2.24) is 14.3 Å². The van der Waals surface area contributed by atoms with Gasteiger partial charge in [-0.1, -0.05) is 59.9 Å². The number of ether oxygens (including phenoxy) is 1. The van der Waals surface area contributed by atoms with E-state index in [0.717, 1.165) is 18.4 Å². The van der Waals surface area contributed by atoms with E-state index in [0.29, 0.717) is 46.0 Å². The van der Waals surface area contributed by atoms with Gasteiger partial charge in [0.1, 0.15) is 15.8 Å². The van der Waals surface area contributed by atoms with Crippen molar-refractivity contribution < 1.29 is 9.53 Å². The van der Waals surface area contributed by atoms with Crippen molar-refractivity contribution in [1.29, 1.82) is 0 Å². The smallest absolute Gasteiger partial charge is 0.267 e. The molecule has 7 nitrogen and oxygen atoms in total. The SMILES string of the molecule is Cc1ccc(CNc2nc3ccccn3c(=O)c2/C=C2/SC(=S)N(C[C@H]3CCCO3)C2=O)cc1. The Kier molecular flexibility index (Phi) is 6.49. The molecule has 2 fully saturated rings. The molecule has 174 valence electrons. The fourth-order valence-electron chi connectivity index (χ4n) is 4.04. The number of carbonyl (C=O) groups excluding carboxylic acids is 1. The summed E-state index contributed by atoms with van der Waals surface area (Å²) < 4.78 is 7.64. The summed E-state index contributed by atoms with van der Waals surface area (Å²) in [5, 5.41) is 3.30. The van der Waals surface area contributed by atoms with E-state index < -0.39 is 0 Å². The number of aryl methyl sites for hydroxylation is 1. The Morgan fingerprint density at radius 2 is 2.06 bits per heavy atom. The van der Waals surface area contributed by atoms with E-state index >= 15 is 0 Å². The van der Waals surface area contributed by atoms with Crippen molar-refractivity contribution in [2.45, 2.75) is 32.4 Å². The number of hydrogen-bond donors (Lipinski definition) is 1. The summed E-state index contributed by atoms with van der Waals surface area (Å²) in [4.78, 5) is 33.2. The van der Waals surface area contributed by atoms with Gasteiger partial charge in [-0.2, -0.15) is 0 Å². The molecule has 0 aliphatic carbocycles. The van der Waals surface area contributed by atoms with Crippen LogP contribution in [0.5, 0.6) is 0 Å². The second-order valence-electron chi connectivity index (χ2n) is 8.37. The van der Waals surface area contributed by atoms with Crippen molar-refractivity contribution in [3.63, 3.8) is 0 Å². The molecule has 5 rings (SSSR count). The van der Waals surface area contributed by atoms with E-state index in [2.05, 4.69) is 10.3 Å². The molecule has 0 spiro atoms. The van der Waals surface area contributed by atoms with Gasteiger partial charge < -0.3 is 10.1 Å². The van der Waals surface area contributed by atoms with Crippen LogP contribution in [0, 0.1) is 6.92 Å². The van der Waals surface area contributed by atoms with Crippen molar-refractivity contribution >= 4 is 51.7 Å². The zero-order valence-corrected chi connectivity index (χ0v) is 20.3.